The van der Waals surface area contributed by atoms with Gasteiger partial charge < -0.3 is 15.4 Å². The Kier molecular flexibility index (Phi) is 7.32. The van der Waals surface area contributed by atoms with E-state index in [4.69, 9.17) is 4.74 Å². The van der Waals surface area contributed by atoms with Gasteiger partial charge in [0.05, 0.1) is 6.61 Å². The zero-order valence-corrected chi connectivity index (χ0v) is 16.9. The molecule has 0 saturated heterocycles. The molecule has 3 aromatic carbocycles. The van der Waals surface area contributed by atoms with Crippen LogP contribution in [0.5, 0.6) is 5.75 Å². The number of carbonyl (C=O) groups excluding carboxylic acids is 2. The summed E-state index contributed by atoms with van der Waals surface area (Å²) in [4.78, 5) is 25.3. The molecule has 0 saturated carbocycles. The van der Waals surface area contributed by atoms with Crippen LogP contribution in [0.2, 0.25) is 0 Å². The van der Waals surface area contributed by atoms with Crippen LogP contribution in [0.25, 0.3) is 0 Å². The first-order chi connectivity index (χ1) is 15.0. The quantitative estimate of drug-likeness (QED) is 0.519. The van der Waals surface area contributed by atoms with Crippen LogP contribution in [0.1, 0.15) is 45.8 Å². The molecule has 2 N–H and O–H groups in total. The van der Waals surface area contributed by atoms with Crippen LogP contribution in [-0.4, -0.2) is 18.4 Å². The summed E-state index contributed by atoms with van der Waals surface area (Å²) < 4.78 is 31.9. The number of hydrogen-bond acceptors (Lipinski definition) is 3. The molecule has 0 unspecified atom stereocenters. The number of ether oxygens (including phenoxy) is 1. The van der Waals surface area contributed by atoms with Gasteiger partial charge in [0.1, 0.15) is 23.5 Å². The van der Waals surface area contributed by atoms with Crippen molar-refractivity contribution >= 4 is 11.8 Å². The van der Waals surface area contributed by atoms with Gasteiger partial charge in [-0.05, 0) is 72.6 Å². The minimum Gasteiger partial charge on any atom is -0.494 e. The number of benzene rings is 3. The van der Waals surface area contributed by atoms with Crippen molar-refractivity contribution in [3.8, 4) is 5.75 Å². The summed E-state index contributed by atoms with van der Waals surface area (Å²) in [5, 5.41) is 5.47. The molecular weight excluding hydrogens is 402 g/mol. The van der Waals surface area contributed by atoms with Gasteiger partial charge in [0, 0.05) is 11.1 Å². The first-order valence-electron chi connectivity index (χ1n) is 9.82. The second-order valence-corrected chi connectivity index (χ2v) is 6.81. The number of carbonyl (C=O) groups is 2. The van der Waals surface area contributed by atoms with Crippen LogP contribution in [0, 0.1) is 11.6 Å². The molecule has 0 aliphatic heterocycles. The highest BCUT2D eigenvalue weighted by Crippen LogP contribution is 2.18. The molecule has 31 heavy (non-hydrogen) atoms. The Morgan fingerprint density at radius 1 is 0.774 bits per heavy atom. The number of halogens is 2. The molecule has 0 fully saturated rings. The molecule has 5 nitrogen and oxygen atoms in total. The molecule has 0 heterocycles. The predicted molar refractivity (Wildman–Crippen MR) is 113 cm³/mol. The van der Waals surface area contributed by atoms with Crippen molar-refractivity contribution in [3.05, 3.63) is 101 Å². The molecular formula is C24H22F2N2O3. The maximum atomic E-state index is 13.2. The molecule has 160 valence electrons. The molecule has 0 aliphatic carbocycles. The standard InChI is InChI=1S/C24H22F2N2O3/c1-2-15-31-21-13-7-16(8-14-21)22(27-23(29)17-3-9-19(25)10-4-17)28-24(30)18-5-11-20(26)12-6-18/h3-14,22H,2,15H2,1H3,(H,27,29)(H,28,30). The van der Waals surface area contributed by atoms with E-state index in [-0.39, 0.29) is 11.1 Å². The summed E-state index contributed by atoms with van der Waals surface area (Å²) in [5.74, 6) is -1.23. The molecule has 0 spiro atoms. The second-order valence-electron chi connectivity index (χ2n) is 6.81. The first-order valence-corrected chi connectivity index (χ1v) is 9.82. The van der Waals surface area contributed by atoms with Gasteiger partial charge >= 0.3 is 0 Å². The van der Waals surface area contributed by atoms with Crippen LogP contribution in [0.15, 0.2) is 72.8 Å². The van der Waals surface area contributed by atoms with Gasteiger partial charge in [-0.2, -0.15) is 0 Å². The highest BCUT2D eigenvalue weighted by Gasteiger charge is 2.19. The van der Waals surface area contributed by atoms with Crippen molar-refractivity contribution in [1.82, 2.24) is 10.6 Å². The zero-order valence-electron chi connectivity index (χ0n) is 16.9. The first kappa shape index (κ1) is 22.0. The summed E-state index contributed by atoms with van der Waals surface area (Å²) in [6, 6.07) is 17.1. The minimum absolute atomic E-state index is 0.241. The van der Waals surface area contributed by atoms with E-state index in [9.17, 15) is 18.4 Å². The molecule has 2 amide bonds. The summed E-state index contributed by atoms with van der Waals surface area (Å²) in [7, 11) is 0. The van der Waals surface area contributed by atoms with Crippen LogP contribution in [0.4, 0.5) is 8.78 Å². The molecule has 0 bridgehead atoms. The van der Waals surface area contributed by atoms with Crippen molar-refractivity contribution in [2.45, 2.75) is 19.5 Å². The Balaban J connectivity index is 1.81. The average molecular weight is 424 g/mol. The monoisotopic (exact) mass is 424 g/mol. The Morgan fingerprint density at radius 3 is 1.65 bits per heavy atom. The summed E-state index contributed by atoms with van der Waals surface area (Å²) in [5.41, 5.74) is 1.09. The lowest BCUT2D eigenvalue weighted by Gasteiger charge is -2.21. The lowest BCUT2D eigenvalue weighted by Crippen LogP contribution is -2.41. The molecule has 3 aromatic rings. The molecule has 0 radical (unpaired) electrons. The van der Waals surface area contributed by atoms with Gasteiger partial charge in [-0.25, -0.2) is 8.78 Å². The maximum absolute atomic E-state index is 13.2. The summed E-state index contributed by atoms with van der Waals surface area (Å²) >= 11 is 0. The lowest BCUT2D eigenvalue weighted by atomic mass is 10.1. The van der Waals surface area contributed by atoms with Crippen LogP contribution < -0.4 is 15.4 Å². The summed E-state index contributed by atoms with van der Waals surface area (Å²) in [6.07, 6.45) is -0.0124. The number of rotatable bonds is 8. The van der Waals surface area contributed by atoms with Crippen molar-refractivity contribution in [3.63, 3.8) is 0 Å². The molecule has 0 atom stereocenters. The van der Waals surface area contributed by atoms with E-state index in [0.29, 0.717) is 17.9 Å². The molecule has 7 heteroatoms. The van der Waals surface area contributed by atoms with Gasteiger partial charge in [-0.3, -0.25) is 9.59 Å². The highest BCUT2D eigenvalue weighted by atomic mass is 19.1. The van der Waals surface area contributed by atoms with E-state index in [1.54, 1.807) is 24.3 Å². The fourth-order valence-corrected chi connectivity index (χ4v) is 2.81. The molecule has 3 rings (SSSR count). The van der Waals surface area contributed by atoms with Gasteiger partial charge in [0.2, 0.25) is 0 Å². The number of nitrogens with one attached hydrogen (secondary N) is 2. The Hall–Kier alpha value is -3.74. The summed E-state index contributed by atoms with van der Waals surface area (Å²) in [6.45, 7) is 2.58. The van der Waals surface area contributed by atoms with E-state index in [1.165, 1.54) is 48.5 Å². The third-order valence-electron chi connectivity index (χ3n) is 4.45. The van der Waals surface area contributed by atoms with Crippen LogP contribution in [-0.2, 0) is 0 Å². The van der Waals surface area contributed by atoms with Gasteiger partial charge in [-0.1, -0.05) is 19.1 Å². The van der Waals surface area contributed by atoms with E-state index in [2.05, 4.69) is 10.6 Å². The van der Waals surface area contributed by atoms with Gasteiger partial charge in [0.25, 0.3) is 11.8 Å². The number of amides is 2. The zero-order chi connectivity index (χ0) is 22.2. The number of hydrogen-bond donors (Lipinski definition) is 2. The van der Waals surface area contributed by atoms with Crippen LogP contribution >= 0.6 is 0 Å². The van der Waals surface area contributed by atoms with Crippen molar-refractivity contribution in [2.75, 3.05) is 6.61 Å². The van der Waals surface area contributed by atoms with Crippen molar-refractivity contribution in [1.29, 1.82) is 0 Å². The van der Waals surface area contributed by atoms with E-state index in [0.717, 1.165) is 6.42 Å². The van der Waals surface area contributed by atoms with E-state index >= 15 is 0 Å². The van der Waals surface area contributed by atoms with E-state index < -0.39 is 29.6 Å². The minimum atomic E-state index is -0.879. The second kappa shape index (κ2) is 10.3. The Bertz CT molecular complexity index is 961. The largest absolute Gasteiger partial charge is 0.494 e. The fraction of sp³-hybridized carbons (Fsp3) is 0.167. The average Bonchev–Trinajstić information content (AvgIpc) is 2.78. The van der Waals surface area contributed by atoms with Gasteiger partial charge in [-0.15, -0.1) is 0 Å². The topological polar surface area (TPSA) is 67.4 Å². The fourth-order valence-electron chi connectivity index (χ4n) is 2.81. The van der Waals surface area contributed by atoms with Crippen LogP contribution in [0.3, 0.4) is 0 Å². The highest BCUT2D eigenvalue weighted by molar-refractivity contribution is 5.96. The Labute approximate surface area is 179 Å². The SMILES string of the molecule is CCCOc1ccc(C(NC(=O)c2ccc(F)cc2)NC(=O)c2ccc(F)cc2)cc1. The predicted octanol–water partition coefficient (Wildman–Crippen LogP) is 4.61. The third kappa shape index (κ3) is 6.12. The molecule has 0 aromatic heterocycles. The molecule has 0 aliphatic rings. The third-order valence-corrected chi connectivity index (χ3v) is 4.45. The maximum Gasteiger partial charge on any atom is 0.253 e. The van der Waals surface area contributed by atoms with Gasteiger partial charge in [0.15, 0.2) is 0 Å². The van der Waals surface area contributed by atoms with Crippen molar-refractivity contribution in [2.24, 2.45) is 0 Å². The van der Waals surface area contributed by atoms with E-state index in [1.807, 2.05) is 6.92 Å². The smallest absolute Gasteiger partial charge is 0.253 e. The Morgan fingerprint density at radius 2 is 1.23 bits per heavy atom. The lowest BCUT2D eigenvalue weighted by molar-refractivity contribution is 0.0883. The van der Waals surface area contributed by atoms with Crippen molar-refractivity contribution < 1.29 is 23.1 Å². The normalized spacial score (nSPS) is 10.6.